The van der Waals surface area contributed by atoms with Crippen LogP contribution in [0.2, 0.25) is 0 Å². The topological polar surface area (TPSA) is 78.3 Å². The summed E-state index contributed by atoms with van der Waals surface area (Å²) >= 11 is 0. The lowest BCUT2D eigenvalue weighted by molar-refractivity contribution is 0.183. The lowest BCUT2D eigenvalue weighted by Gasteiger charge is -2.32. The Morgan fingerprint density at radius 2 is 1.86 bits per heavy atom. The summed E-state index contributed by atoms with van der Waals surface area (Å²) in [5, 5.41) is 11.0. The number of phenols is 1. The highest BCUT2D eigenvalue weighted by Gasteiger charge is 2.24. The highest BCUT2D eigenvalue weighted by atomic mass is 16.3. The van der Waals surface area contributed by atoms with Crippen molar-refractivity contribution in [1.82, 2.24) is 14.5 Å². The molecule has 1 fully saturated rings. The van der Waals surface area contributed by atoms with Crippen LogP contribution in [0, 0.1) is 0 Å². The maximum absolute atomic E-state index is 12.3. The number of H-pyrrole nitrogens is 1. The van der Waals surface area contributed by atoms with E-state index >= 15 is 0 Å². The molecule has 2 aromatic rings. The van der Waals surface area contributed by atoms with Crippen molar-refractivity contribution in [3.63, 3.8) is 0 Å². The Balaban J connectivity index is 2.05. The number of aromatic hydroxyl groups is 1. The van der Waals surface area contributed by atoms with Gasteiger partial charge in [0.1, 0.15) is 5.75 Å². The molecule has 1 aromatic heterocycles. The third-order valence-corrected chi connectivity index (χ3v) is 5.70. The van der Waals surface area contributed by atoms with E-state index in [1.807, 2.05) is 32.9 Å². The molecule has 0 spiro atoms. The van der Waals surface area contributed by atoms with Crippen LogP contribution in [-0.2, 0) is 12.0 Å². The van der Waals surface area contributed by atoms with Gasteiger partial charge in [-0.3, -0.25) is 19.2 Å². The molecule has 0 aliphatic heterocycles. The molecule has 0 atom stereocenters. The molecule has 1 heterocycles. The highest BCUT2D eigenvalue weighted by molar-refractivity contribution is 5.52. The molecule has 0 unspecified atom stereocenters. The zero-order valence-electron chi connectivity index (χ0n) is 17.3. The molecule has 0 amide bonds. The van der Waals surface area contributed by atoms with E-state index in [9.17, 15) is 14.7 Å². The minimum Gasteiger partial charge on any atom is -0.507 e. The first-order valence-corrected chi connectivity index (χ1v) is 10.1. The molecule has 1 aliphatic carbocycles. The van der Waals surface area contributed by atoms with Gasteiger partial charge in [0.15, 0.2) is 0 Å². The second kappa shape index (κ2) is 7.95. The summed E-state index contributed by atoms with van der Waals surface area (Å²) in [4.78, 5) is 28.3. The lowest BCUT2D eigenvalue weighted by Crippen LogP contribution is -2.33. The third-order valence-electron chi connectivity index (χ3n) is 5.70. The Hall–Kier alpha value is -2.34. The Morgan fingerprint density at radius 3 is 2.46 bits per heavy atom. The van der Waals surface area contributed by atoms with Gasteiger partial charge in [0.25, 0.3) is 5.56 Å². The summed E-state index contributed by atoms with van der Waals surface area (Å²) in [7, 11) is 2.10. The van der Waals surface area contributed by atoms with Crippen molar-refractivity contribution < 1.29 is 5.11 Å². The maximum Gasteiger partial charge on any atom is 0.332 e. The quantitative estimate of drug-likeness (QED) is 0.846. The zero-order valence-corrected chi connectivity index (χ0v) is 17.3. The predicted octanol–water partition coefficient (Wildman–Crippen LogP) is 3.29. The number of hydrogen-bond donors (Lipinski definition) is 2. The molecule has 6 nitrogen and oxygen atoms in total. The monoisotopic (exact) mass is 385 g/mol. The second-order valence-corrected chi connectivity index (χ2v) is 8.94. The van der Waals surface area contributed by atoms with Crippen LogP contribution in [-0.4, -0.2) is 32.6 Å². The molecular weight excluding hydrogens is 354 g/mol. The fourth-order valence-corrected chi connectivity index (χ4v) is 4.05. The van der Waals surface area contributed by atoms with Crippen molar-refractivity contribution in [2.45, 2.75) is 70.9 Å². The molecule has 0 radical (unpaired) electrons. The van der Waals surface area contributed by atoms with E-state index in [2.05, 4.69) is 16.9 Å². The standard InChI is InChI=1S/C22H31N3O3/c1-22(2,3)18-13-17(25-11-10-19(26)23-21(25)28)12-15(20(18)27)14-24(4)16-8-6-5-7-9-16/h10-13,16,27H,5-9,14H2,1-4H3,(H,23,26,28). The van der Waals surface area contributed by atoms with E-state index in [0.717, 1.165) is 11.1 Å². The average molecular weight is 386 g/mol. The van der Waals surface area contributed by atoms with E-state index in [0.29, 0.717) is 18.3 Å². The molecule has 0 bridgehead atoms. The first-order chi connectivity index (χ1) is 13.2. The fourth-order valence-electron chi connectivity index (χ4n) is 4.05. The van der Waals surface area contributed by atoms with Crippen LogP contribution in [0.15, 0.2) is 34.0 Å². The van der Waals surface area contributed by atoms with Gasteiger partial charge in [0, 0.05) is 36.0 Å². The number of aromatic nitrogens is 2. The zero-order chi connectivity index (χ0) is 20.5. The van der Waals surface area contributed by atoms with Crippen LogP contribution < -0.4 is 11.2 Å². The molecule has 1 saturated carbocycles. The smallest absolute Gasteiger partial charge is 0.332 e. The van der Waals surface area contributed by atoms with Gasteiger partial charge in [0.05, 0.1) is 5.69 Å². The summed E-state index contributed by atoms with van der Waals surface area (Å²) in [6, 6.07) is 5.53. The number of nitrogens with one attached hydrogen (secondary N) is 1. The third kappa shape index (κ3) is 4.38. The predicted molar refractivity (Wildman–Crippen MR) is 111 cm³/mol. The van der Waals surface area contributed by atoms with Crippen molar-refractivity contribution in [3.8, 4) is 11.4 Å². The van der Waals surface area contributed by atoms with Gasteiger partial charge < -0.3 is 5.11 Å². The number of nitrogens with zero attached hydrogens (tertiary/aromatic N) is 2. The van der Waals surface area contributed by atoms with Crippen LogP contribution in [0.3, 0.4) is 0 Å². The Labute approximate surface area is 165 Å². The first-order valence-electron chi connectivity index (χ1n) is 10.1. The van der Waals surface area contributed by atoms with Gasteiger partial charge in [0.2, 0.25) is 0 Å². The number of rotatable bonds is 4. The molecule has 1 aromatic carbocycles. The Morgan fingerprint density at radius 1 is 1.18 bits per heavy atom. The molecule has 0 saturated heterocycles. The van der Waals surface area contributed by atoms with Crippen LogP contribution in [0.4, 0.5) is 0 Å². The number of hydrogen-bond acceptors (Lipinski definition) is 4. The van der Waals surface area contributed by atoms with Crippen molar-refractivity contribution in [2.75, 3.05) is 7.05 Å². The van der Waals surface area contributed by atoms with Crippen LogP contribution in [0.25, 0.3) is 5.69 Å². The van der Waals surface area contributed by atoms with Gasteiger partial charge in [-0.25, -0.2) is 4.79 Å². The van der Waals surface area contributed by atoms with Crippen molar-refractivity contribution in [3.05, 3.63) is 56.4 Å². The minimum absolute atomic E-state index is 0.288. The normalized spacial score (nSPS) is 15.9. The van der Waals surface area contributed by atoms with Crippen molar-refractivity contribution in [1.29, 1.82) is 0 Å². The van der Waals surface area contributed by atoms with E-state index in [4.69, 9.17) is 0 Å². The van der Waals surface area contributed by atoms with Gasteiger partial charge in [-0.2, -0.15) is 0 Å². The second-order valence-electron chi connectivity index (χ2n) is 8.94. The Kier molecular flexibility index (Phi) is 5.79. The number of aromatic amines is 1. The van der Waals surface area contributed by atoms with E-state index < -0.39 is 11.2 Å². The highest BCUT2D eigenvalue weighted by Crippen LogP contribution is 2.36. The van der Waals surface area contributed by atoms with Crippen LogP contribution in [0.1, 0.15) is 64.0 Å². The molecule has 152 valence electrons. The maximum atomic E-state index is 12.3. The van der Waals surface area contributed by atoms with Gasteiger partial charge in [-0.1, -0.05) is 40.0 Å². The lowest BCUT2D eigenvalue weighted by atomic mass is 9.84. The fraction of sp³-hybridized carbons (Fsp3) is 0.545. The van der Waals surface area contributed by atoms with Crippen LogP contribution in [0.5, 0.6) is 5.75 Å². The SMILES string of the molecule is CN(Cc1cc(-n2ccc(=O)[nH]c2=O)cc(C(C)(C)C)c1O)C1CCCCC1. The molecule has 2 N–H and O–H groups in total. The van der Waals surface area contributed by atoms with Gasteiger partial charge >= 0.3 is 5.69 Å². The number of benzene rings is 1. The van der Waals surface area contributed by atoms with E-state index in [-0.39, 0.29) is 11.2 Å². The molecule has 28 heavy (non-hydrogen) atoms. The Bertz CT molecular complexity index is 947. The summed E-state index contributed by atoms with van der Waals surface area (Å²) in [5.74, 6) is 0.288. The van der Waals surface area contributed by atoms with Crippen molar-refractivity contribution in [2.24, 2.45) is 0 Å². The molecule has 1 aliphatic rings. The van der Waals surface area contributed by atoms with E-state index in [1.165, 1.54) is 48.9 Å². The summed E-state index contributed by atoms with van der Waals surface area (Å²) in [6.45, 7) is 6.73. The van der Waals surface area contributed by atoms with Gasteiger partial charge in [-0.15, -0.1) is 0 Å². The van der Waals surface area contributed by atoms with Crippen molar-refractivity contribution >= 4 is 0 Å². The molecule has 3 rings (SSSR count). The molecular formula is C22H31N3O3. The molecule has 6 heteroatoms. The summed E-state index contributed by atoms with van der Waals surface area (Å²) < 4.78 is 1.42. The minimum atomic E-state index is -0.482. The summed E-state index contributed by atoms with van der Waals surface area (Å²) in [5.41, 5.74) is 1.04. The van der Waals surface area contributed by atoms with Crippen LogP contribution >= 0.6 is 0 Å². The number of phenolic OH excluding ortho intramolecular Hbond substituents is 1. The first kappa shape index (κ1) is 20.4. The van der Waals surface area contributed by atoms with E-state index in [1.54, 1.807) is 0 Å². The largest absolute Gasteiger partial charge is 0.507 e. The van der Waals surface area contributed by atoms with Gasteiger partial charge in [-0.05, 0) is 37.4 Å². The summed E-state index contributed by atoms with van der Waals surface area (Å²) in [6.07, 6.45) is 7.65. The average Bonchev–Trinajstić information content (AvgIpc) is 2.63.